The van der Waals surface area contributed by atoms with Crippen molar-refractivity contribution in [2.24, 2.45) is 0 Å². The van der Waals surface area contributed by atoms with Gasteiger partial charge >= 0.3 is 0 Å². The van der Waals surface area contributed by atoms with E-state index in [4.69, 9.17) is 4.74 Å². The molecule has 0 aromatic carbocycles. The summed E-state index contributed by atoms with van der Waals surface area (Å²) in [5, 5.41) is 0. The van der Waals surface area contributed by atoms with E-state index in [2.05, 4.69) is 13.1 Å². The second-order valence-electron chi connectivity index (χ2n) is 1.87. The summed E-state index contributed by atoms with van der Waals surface area (Å²) in [6, 6.07) is 0. The summed E-state index contributed by atoms with van der Waals surface area (Å²) < 4.78 is 5.18. The molecule has 1 unspecified atom stereocenters. The van der Waals surface area contributed by atoms with Crippen LogP contribution in [0.25, 0.3) is 0 Å². The average Bonchev–Trinajstić information content (AvgIpc) is 1.83. The summed E-state index contributed by atoms with van der Waals surface area (Å²) in [5.74, 6) is 0. The molecule has 0 heterocycles. The van der Waals surface area contributed by atoms with Gasteiger partial charge < -0.3 is 4.74 Å². The molecule has 0 radical (unpaired) electrons. The molecule has 0 spiro atoms. The first kappa shape index (κ1) is 7.92. The topological polar surface area (TPSA) is 9.23 Å². The molecule has 0 N–H and O–H groups in total. The molecular weight excluding hydrogens is 116 g/mol. The van der Waals surface area contributed by atoms with Crippen molar-refractivity contribution in [3.63, 3.8) is 0 Å². The summed E-state index contributed by atoms with van der Waals surface area (Å²) in [6.45, 7) is 8.78. The Labute approximate surface area is 53.0 Å². The Kier molecular flexibility index (Phi) is 5.01. The van der Waals surface area contributed by atoms with E-state index in [1.54, 1.807) is 0 Å². The van der Waals surface area contributed by atoms with E-state index >= 15 is 0 Å². The minimum Gasteiger partial charge on any atom is -0.385 e. The first-order chi connectivity index (χ1) is 3.81. The van der Waals surface area contributed by atoms with E-state index in [0.29, 0.717) is 0 Å². The quantitative estimate of drug-likeness (QED) is 0.519. The Balaban J connectivity index is 2.98. The van der Waals surface area contributed by atoms with Crippen LogP contribution in [0, 0.1) is 0 Å². The van der Waals surface area contributed by atoms with Gasteiger partial charge in [0, 0.05) is 12.8 Å². The van der Waals surface area contributed by atoms with Crippen LogP contribution < -0.4 is 0 Å². The van der Waals surface area contributed by atoms with Crippen molar-refractivity contribution in [1.82, 2.24) is 0 Å². The minimum absolute atomic E-state index is 0.657. The van der Waals surface area contributed by atoms with Crippen LogP contribution >= 0.6 is 0 Å². The average molecular weight is 130 g/mol. The van der Waals surface area contributed by atoms with Gasteiger partial charge in [-0.05, 0) is 6.92 Å². The molecule has 0 amide bonds. The van der Waals surface area contributed by atoms with Gasteiger partial charge in [0.25, 0.3) is 0 Å². The molecule has 0 aromatic rings. The fourth-order valence-corrected chi connectivity index (χ4v) is 1.12. The van der Waals surface area contributed by atoms with Gasteiger partial charge in [0.15, 0.2) is 0 Å². The third kappa shape index (κ3) is 4.09. The van der Waals surface area contributed by atoms with Crippen LogP contribution in [0.15, 0.2) is 12.3 Å². The zero-order valence-corrected chi connectivity index (χ0v) is 6.84. The molecule has 2 heteroatoms. The van der Waals surface area contributed by atoms with E-state index in [1.807, 2.05) is 12.6 Å². The Morgan fingerprint density at radius 1 is 1.75 bits per heavy atom. The number of ether oxygens (including phenoxy) is 1. The third-order valence-corrected chi connectivity index (χ3v) is 2.55. The molecule has 0 rings (SSSR count). The lowest BCUT2D eigenvalue weighted by Crippen LogP contribution is -2.13. The molecule has 8 heavy (non-hydrogen) atoms. The smallest absolute Gasteiger partial charge is 0.0873 e. The lowest BCUT2D eigenvalue weighted by molar-refractivity contribution is 0.191. The van der Waals surface area contributed by atoms with E-state index in [9.17, 15) is 0 Å². The molecule has 0 aliphatic heterocycles. The Morgan fingerprint density at radius 3 is 2.75 bits per heavy atom. The van der Waals surface area contributed by atoms with Crippen LogP contribution in [-0.4, -0.2) is 21.6 Å². The molecule has 48 valence electrons. The lowest BCUT2D eigenvalue weighted by Gasteiger charge is -2.01. The summed E-state index contributed by atoms with van der Waals surface area (Å²) in [6.07, 6.45) is 0.944. The van der Waals surface area contributed by atoms with E-state index in [0.717, 1.165) is 12.8 Å². The van der Waals surface area contributed by atoms with Gasteiger partial charge in [-0.1, -0.05) is 6.55 Å². The maximum Gasteiger partial charge on any atom is 0.0873 e. The third-order valence-electron chi connectivity index (χ3n) is 0.987. The molecule has 0 fully saturated rings. The van der Waals surface area contributed by atoms with Gasteiger partial charge in [-0.25, -0.2) is 0 Å². The molecule has 0 aliphatic carbocycles. The fourth-order valence-electron chi connectivity index (χ4n) is 0.372. The molecular formula is C6H14OSi. The zero-order chi connectivity index (χ0) is 6.41. The fraction of sp³-hybridized carbons (Fsp3) is 0.667. The number of hydrogen-bond acceptors (Lipinski definition) is 1. The molecule has 0 saturated carbocycles. The highest BCUT2D eigenvalue weighted by Gasteiger charge is 1.94. The predicted octanol–water partition coefficient (Wildman–Crippen LogP) is 1.14. The highest BCUT2D eigenvalue weighted by atomic mass is 28.3. The van der Waals surface area contributed by atoms with Crippen molar-refractivity contribution in [2.45, 2.75) is 13.5 Å². The van der Waals surface area contributed by atoms with E-state index in [-0.39, 0.29) is 0 Å². The van der Waals surface area contributed by atoms with E-state index in [1.165, 1.54) is 0 Å². The SMILES string of the molecule is C=C[SiH](C)COCC. The molecule has 0 saturated heterocycles. The lowest BCUT2D eigenvalue weighted by atomic mass is 10.9. The Morgan fingerprint density at radius 2 is 2.38 bits per heavy atom. The highest BCUT2D eigenvalue weighted by molar-refractivity contribution is 6.62. The van der Waals surface area contributed by atoms with Crippen molar-refractivity contribution in [1.29, 1.82) is 0 Å². The van der Waals surface area contributed by atoms with Gasteiger partial charge in [0.05, 0.1) is 8.80 Å². The molecule has 0 aliphatic rings. The summed E-state index contributed by atoms with van der Waals surface area (Å²) in [5.41, 5.74) is 2.04. The van der Waals surface area contributed by atoms with Gasteiger partial charge in [-0.15, -0.1) is 12.3 Å². The zero-order valence-electron chi connectivity index (χ0n) is 5.68. The van der Waals surface area contributed by atoms with Crippen molar-refractivity contribution < 1.29 is 4.74 Å². The minimum atomic E-state index is -0.657. The first-order valence-electron chi connectivity index (χ1n) is 3.01. The highest BCUT2D eigenvalue weighted by Crippen LogP contribution is 1.82. The molecule has 0 bridgehead atoms. The second kappa shape index (κ2) is 5.06. The maximum absolute atomic E-state index is 5.18. The number of hydrogen-bond donors (Lipinski definition) is 0. The van der Waals surface area contributed by atoms with E-state index < -0.39 is 8.80 Å². The predicted molar refractivity (Wildman–Crippen MR) is 39.7 cm³/mol. The summed E-state index contributed by atoms with van der Waals surface area (Å²) in [7, 11) is -0.657. The van der Waals surface area contributed by atoms with Crippen LogP contribution in [0.3, 0.4) is 0 Å². The standard InChI is InChI=1S/C6H14OSi/c1-4-7-6-8(3)5-2/h5,8H,2,4,6H2,1,3H3. The van der Waals surface area contributed by atoms with Crippen molar-refractivity contribution in [3.05, 3.63) is 12.3 Å². The Hall–Kier alpha value is -0.0831. The van der Waals surface area contributed by atoms with Crippen molar-refractivity contribution >= 4 is 8.80 Å². The summed E-state index contributed by atoms with van der Waals surface area (Å²) >= 11 is 0. The second-order valence-corrected chi connectivity index (χ2v) is 4.63. The van der Waals surface area contributed by atoms with Gasteiger partial charge in [-0.3, -0.25) is 0 Å². The largest absolute Gasteiger partial charge is 0.385 e. The van der Waals surface area contributed by atoms with Crippen LogP contribution in [0.4, 0.5) is 0 Å². The first-order valence-corrected chi connectivity index (χ1v) is 5.65. The molecule has 0 aromatic heterocycles. The monoisotopic (exact) mass is 130 g/mol. The van der Waals surface area contributed by atoms with Crippen LogP contribution in [0.5, 0.6) is 0 Å². The normalized spacial score (nSPS) is 13.2. The van der Waals surface area contributed by atoms with Crippen molar-refractivity contribution in [2.75, 3.05) is 12.8 Å². The van der Waals surface area contributed by atoms with Crippen molar-refractivity contribution in [3.8, 4) is 0 Å². The van der Waals surface area contributed by atoms with Gasteiger partial charge in [0.1, 0.15) is 0 Å². The van der Waals surface area contributed by atoms with Crippen LogP contribution in [0.1, 0.15) is 6.92 Å². The maximum atomic E-state index is 5.18. The molecule has 1 atom stereocenters. The van der Waals surface area contributed by atoms with Gasteiger partial charge in [-0.2, -0.15) is 0 Å². The molecule has 1 nitrogen and oxygen atoms in total. The summed E-state index contributed by atoms with van der Waals surface area (Å²) in [4.78, 5) is 0. The van der Waals surface area contributed by atoms with Gasteiger partial charge in [0.2, 0.25) is 0 Å². The number of rotatable bonds is 4. The van der Waals surface area contributed by atoms with Crippen LogP contribution in [0.2, 0.25) is 6.55 Å². The Bertz CT molecular complexity index is 63.5. The van der Waals surface area contributed by atoms with Crippen LogP contribution in [-0.2, 0) is 4.74 Å².